The summed E-state index contributed by atoms with van der Waals surface area (Å²) in [7, 11) is 0. The van der Waals surface area contributed by atoms with Crippen LogP contribution in [0.15, 0.2) is 36.4 Å². The Morgan fingerprint density at radius 1 is 1.26 bits per heavy atom. The Morgan fingerprint density at radius 3 is 2.42 bits per heavy atom. The molecule has 98 valence electrons. The molecule has 0 unspecified atom stereocenters. The van der Waals surface area contributed by atoms with E-state index in [0.29, 0.717) is 17.2 Å². The third-order valence-electron chi connectivity index (χ3n) is 2.49. The van der Waals surface area contributed by atoms with E-state index >= 15 is 0 Å². The molecule has 2 aromatic rings. The van der Waals surface area contributed by atoms with Gasteiger partial charge in [0.1, 0.15) is 17.3 Å². The highest BCUT2D eigenvalue weighted by molar-refractivity contribution is 9.10. The molecule has 5 nitrogen and oxygen atoms in total. The first-order chi connectivity index (χ1) is 8.99. The van der Waals surface area contributed by atoms with Crippen LogP contribution in [-0.2, 0) is 0 Å². The first-order valence-corrected chi connectivity index (χ1v) is 6.03. The Morgan fingerprint density at radius 2 is 1.89 bits per heavy atom. The Hall–Kier alpha value is -2.02. The van der Waals surface area contributed by atoms with Gasteiger partial charge in [-0.1, -0.05) is 0 Å². The van der Waals surface area contributed by atoms with Gasteiger partial charge in [-0.15, -0.1) is 0 Å². The zero-order chi connectivity index (χ0) is 14.0. The molecule has 0 N–H and O–H groups in total. The van der Waals surface area contributed by atoms with Crippen molar-refractivity contribution in [1.29, 1.82) is 0 Å². The van der Waals surface area contributed by atoms with Gasteiger partial charge in [0.05, 0.1) is 26.8 Å². The molecule has 0 bridgehead atoms. The molecule has 2 rings (SSSR count). The molecule has 0 atom stereocenters. The molecule has 0 aliphatic rings. The van der Waals surface area contributed by atoms with Gasteiger partial charge in [0.25, 0.3) is 5.69 Å². The highest BCUT2D eigenvalue weighted by Gasteiger charge is 2.15. The number of halogens is 2. The molecule has 0 spiro atoms. The number of anilines is 2. The number of rotatable bonds is 3. The highest BCUT2D eigenvalue weighted by atomic mass is 79.9. The lowest BCUT2D eigenvalue weighted by atomic mass is 10.3. The molecule has 0 fully saturated rings. The second-order valence-corrected chi connectivity index (χ2v) is 4.50. The summed E-state index contributed by atoms with van der Waals surface area (Å²) in [5.41, 5.74) is 0.944. The van der Waals surface area contributed by atoms with Crippen LogP contribution < -0.4 is 3.93 Å². The number of benzene rings is 1. The van der Waals surface area contributed by atoms with E-state index in [0.717, 1.165) is 0 Å². The van der Waals surface area contributed by atoms with Crippen LogP contribution in [0.3, 0.4) is 0 Å². The molecular weight excluding hydrogens is 317 g/mol. The van der Waals surface area contributed by atoms with Gasteiger partial charge in [-0.25, -0.2) is 9.37 Å². The van der Waals surface area contributed by atoms with Gasteiger partial charge < -0.3 is 0 Å². The molecular formula is C12H9BrFN3O2. The van der Waals surface area contributed by atoms with E-state index in [1.165, 1.54) is 24.3 Å². The number of hydrogen-bond acceptors (Lipinski definition) is 4. The average molecular weight is 326 g/mol. The van der Waals surface area contributed by atoms with Crippen LogP contribution in [0, 0.1) is 22.9 Å². The monoisotopic (exact) mass is 325 g/mol. The second-order valence-electron chi connectivity index (χ2n) is 3.79. The highest BCUT2D eigenvalue weighted by Crippen LogP contribution is 2.29. The van der Waals surface area contributed by atoms with Crippen LogP contribution in [0.25, 0.3) is 0 Å². The topological polar surface area (TPSA) is 59.3 Å². The van der Waals surface area contributed by atoms with Crippen molar-refractivity contribution in [1.82, 2.24) is 4.98 Å². The maximum Gasteiger partial charge on any atom is 0.290 e. The summed E-state index contributed by atoms with van der Waals surface area (Å²) in [6.45, 7) is 1.56. The van der Waals surface area contributed by atoms with Crippen LogP contribution >= 0.6 is 16.1 Å². The molecule has 0 aliphatic carbocycles. The van der Waals surface area contributed by atoms with Gasteiger partial charge in [0.15, 0.2) is 0 Å². The Balaban J connectivity index is 2.34. The fraction of sp³-hybridized carbons (Fsp3) is 0.0833. The van der Waals surface area contributed by atoms with E-state index < -0.39 is 4.92 Å². The molecule has 0 saturated carbocycles. The van der Waals surface area contributed by atoms with Crippen molar-refractivity contribution in [3.05, 3.63) is 58.0 Å². The summed E-state index contributed by atoms with van der Waals surface area (Å²) < 4.78 is 14.4. The normalized spacial score (nSPS) is 10.3. The minimum absolute atomic E-state index is 0.0382. The van der Waals surface area contributed by atoms with Crippen LogP contribution in [-0.4, -0.2) is 9.91 Å². The average Bonchev–Trinajstić information content (AvgIpc) is 2.38. The zero-order valence-corrected chi connectivity index (χ0v) is 11.5. The maximum absolute atomic E-state index is 12.8. The van der Waals surface area contributed by atoms with Crippen molar-refractivity contribution in [2.45, 2.75) is 6.92 Å². The fourth-order valence-electron chi connectivity index (χ4n) is 1.55. The number of hydrogen-bond donors (Lipinski definition) is 0. The summed E-state index contributed by atoms with van der Waals surface area (Å²) in [6.07, 6.45) is 0. The van der Waals surface area contributed by atoms with E-state index in [4.69, 9.17) is 0 Å². The van der Waals surface area contributed by atoms with Crippen molar-refractivity contribution in [3.63, 3.8) is 0 Å². The first-order valence-electron chi connectivity index (χ1n) is 5.32. The lowest BCUT2D eigenvalue weighted by Gasteiger charge is -2.15. The van der Waals surface area contributed by atoms with E-state index in [9.17, 15) is 14.5 Å². The van der Waals surface area contributed by atoms with Gasteiger partial charge in [0, 0.05) is 6.07 Å². The van der Waals surface area contributed by atoms with Crippen molar-refractivity contribution in [2.75, 3.05) is 3.93 Å². The fourth-order valence-corrected chi connectivity index (χ4v) is 1.98. The molecule has 0 aliphatic heterocycles. The molecule has 19 heavy (non-hydrogen) atoms. The van der Waals surface area contributed by atoms with Crippen LogP contribution in [0.2, 0.25) is 0 Å². The minimum atomic E-state index is -0.484. The quantitative estimate of drug-likeness (QED) is 0.488. The Bertz CT molecular complexity index is 619. The van der Waals surface area contributed by atoms with E-state index in [1.54, 1.807) is 23.0 Å². The maximum atomic E-state index is 12.8. The van der Waals surface area contributed by atoms with E-state index in [2.05, 4.69) is 21.1 Å². The minimum Gasteiger partial charge on any atom is -0.261 e. The van der Waals surface area contributed by atoms with Crippen LogP contribution in [0.5, 0.6) is 0 Å². The molecule has 1 aromatic carbocycles. The van der Waals surface area contributed by atoms with Crippen LogP contribution in [0.4, 0.5) is 21.6 Å². The summed E-state index contributed by atoms with van der Waals surface area (Å²) in [6, 6.07) is 8.69. The number of nitro groups is 1. The van der Waals surface area contributed by atoms with Gasteiger partial charge in [0.2, 0.25) is 0 Å². The van der Waals surface area contributed by atoms with E-state index in [1.807, 2.05) is 0 Å². The summed E-state index contributed by atoms with van der Waals surface area (Å²) in [4.78, 5) is 14.4. The third kappa shape index (κ3) is 2.87. The third-order valence-corrected chi connectivity index (χ3v) is 3.27. The Labute approximate surface area is 117 Å². The predicted molar refractivity (Wildman–Crippen MR) is 73.1 cm³/mol. The SMILES string of the molecule is Cc1nc(N(Br)c2ccc(F)cc2)ccc1[N+](=O)[O-]. The van der Waals surface area contributed by atoms with Crippen molar-refractivity contribution >= 4 is 33.3 Å². The lowest BCUT2D eigenvalue weighted by Crippen LogP contribution is -2.05. The van der Waals surface area contributed by atoms with Crippen molar-refractivity contribution < 1.29 is 9.31 Å². The number of aryl methyl sites for hydroxylation is 1. The molecule has 0 amide bonds. The second kappa shape index (κ2) is 5.31. The van der Waals surface area contributed by atoms with Gasteiger partial charge >= 0.3 is 0 Å². The summed E-state index contributed by atoms with van der Waals surface area (Å²) >= 11 is 3.29. The predicted octanol–water partition coefficient (Wildman–Crippen LogP) is 3.89. The first kappa shape index (κ1) is 13.4. The smallest absolute Gasteiger partial charge is 0.261 e. The Kier molecular flexibility index (Phi) is 3.75. The number of nitrogens with zero attached hydrogens (tertiary/aromatic N) is 3. The van der Waals surface area contributed by atoms with Gasteiger partial charge in [-0.2, -0.15) is 0 Å². The number of aromatic nitrogens is 1. The summed E-state index contributed by atoms with van der Waals surface area (Å²) in [5, 5.41) is 10.7. The van der Waals surface area contributed by atoms with Crippen LogP contribution in [0.1, 0.15) is 5.69 Å². The van der Waals surface area contributed by atoms with Crippen molar-refractivity contribution in [2.24, 2.45) is 0 Å². The summed E-state index contributed by atoms with van der Waals surface area (Å²) in [5.74, 6) is 0.146. The number of pyridine rings is 1. The van der Waals surface area contributed by atoms with E-state index in [-0.39, 0.29) is 11.5 Å². The molecule has 1 aromatic heterocycles. The molecule has 7 heteroatoms. The van der Waals surface area contributed by atoms with Gasteiger partial charge in [-0.05, 0) is 37.3 Å². The lowest BCUT2D eigenvalue weighted by molar-refractivity contribution is -0.385. The largest absolute Gasteiger partial charge is 0.290 e. The zero-order valence-electron chi connectivity index (χ0n) is 9.88. The van der Waals surface area contributed by atoms with Crippen molar-refractivity contribution in [3.8, 4) is 0 Å². The van der Waals surface area contributed by atoms with Gasteiger partial charge in [-0.3, -0.25) is 14.0 Å². The molecule has 1 heterocycles. The molecule has 0 saturated heterocycles. The molecule has 0 radical (unpaired) electrons. The standard InChI is InChI=1S/C12H9BrFN3O2/c1-8-11(17(18)19)6-7-12(15-8)16(13)10-4-2-9(14)3-5-10/h2-7H,1H3.